The summed E-state index contributed by atoms with van der Waals surface area (Å²) in [6.07, 6.45) is 0.201. The normalized spacial score (nSPS) is 6.75. The molecule has 0 aromatic rings. The summed E-state index contributed by atoms with van der Waals surface area (Å²) in [5, 5.41) is 0. The van der Waals surface area contributed by atoms with Crippen molar-refractivity contribution in [3.05, 3.63) is 0 Å². The first-order valence-electron chi connectivity index (χ1n) is 2.27. The van der Waals surface area contributed by atoms with Crippen molar-refractivity contribution in [2.24, 2.45) is 0 Å². The highest BCUT2D eigenvalue weighted by Crippen LogP contribution is 1.78. The smallest absolute Gasteiger partial charge is 0.317 e. The van der Waals surface area contributed by atoms with Gasteiger partial charge in [-0.25, -0.2) is 0 Å². The molecule has 8 heavy (non-hydrogen) atoms. The maximum absolute atomic E-state index is 10.2. The topological polar surface area (TPSA) is 26.3 Å². The third-order valence-electron chi connectivity index (χ3n) is 0.637. The van der Waals surface area contributed by atoms with Crippen molar-refractivity contribution >= 4 is 5.97 Å². The van der Waals surface area contributed by atoms with Crippen LogP contribution in [-0.4, -0.2) is 13.1 Å². The fraction of sp³-hybridized carbons (Fsp3) is 0.500. The van der Waals surface area contributed by atoms with Gasteiger partial charge in [-0.05, 0) is 6.92 Å². The van der Waals surface area contributed by atoms with E-state index in [0.29, 0.717) is 0 Å². The number of carbonyl (C=O) groups excluding carboxylic acids is 1. The summed E-state index contributed by atoms with van der Waals surface area (Å²) in [4.78, 5) is 10.2. The van der Waals surface area contributed by atoms with Crippen LogP contribution in [0, 0.1) is 11.8 Å². The van der Waals surface area contributed by atoms with Gasteiger partial charge in [0.25, 0.3) is 0 Å². The van der Waals surface area contributed by atoms with Crippen LogP contribution in [0.4, 0.5) is 0 Å². The highest BCUT2D eigenvalue weighted by molar-refractivity contribution is 5.72. The van der Waals surface area contributed by atoms with Crippen molar-refractivity contribution in [1.29, 1.82) is 0 Å². The first kappa shape index (κ1) is 7.03. The van der Waals surface area contributed by atoms with E-state index in [0.717, 1.165) is 0 Å². The average Bonchev–Trinajstić information content (AvgIpc) is 1.83. The van der Waals surface area contributed by atoms with E-state index in [1.165, 1.54) is 7.11 Å². The third kappa shape index (κ3) is 3.23. The zero-order valence-electron chi connectivity index (χ0n) is 5.02. The summed E-state index contributed by atoms with van der Waals surface area (Å²) in [6.45, 7) is 1.68. The van der Waals surface area contributed by atoms with Gasteiger partial charge in [0.1, 0.15) is 6.42 Å². The molecule has 0 aromatic heterocycles. The molecule has 0 rings (SSSR count). The van der Waals surface area contributed by atoms with E-state index < -0.39 is 0 Å². The Morgan fingerprint density at radius 1 is 1.75 bits per heavy atom. The first-order chi connectivity index (χ1) is 3.81. The van der Waals surface area contributed by atoms with Gasteiger partial charge in [-0.3, -0.25) is 4.79 Å². The Kier molecular flexibility index (Phi) is 3.69. The first-order valence-corrected chi connectivity index (χ1v) is 2.27. The van der Waals surface area contributed by atoms with Crippen molar-refractivity contribution in [2.45, 2.75) is 13.3 Å². The number of carbonyl (C=O) groups is 1. The molecule has 0 aliphatic rings. The zero-order valence-corrected chi connectivity index (χ0v) is 5.02. The summed E-state index contributed by atoms with van der Waals surface area (Å²) in [6, 6.07) is 0. The van der Waals surface area contributed by atoms with E-state index in [2.05, 4.69) is 16.6 Å². The molecule has 0 unspecified atom stereocenters. The maximum Gasteiger partial charge on any atom is 0.317 e. The molecule has 0 spiro atoms. The number of ether oxygens (including phenoxy) is 1. The van der Waals surface area contributed by atoms with E-state index in [9.17, 15) is 4.79 Å². The second kappa shape index (κ2) is 4.20. The van der Waals surface area contributed by atoms with Crippen LogP contribution in [0.5, 0.6) is 0 Å². The Hall–Kier alpha value is -0.970. The molecule has 44 valence electrons. The van der Waals surface area contributed by atoms with Crippen LogP contribution >= 0.6 is 0 Å². The fourth-order valence-corrected chi connectivity index (χ4v) is 0.233. The molecule has 2 heteroatoms. The monoisotopic (exact) mass is 112 g/mol. The van der Waals surface area contributed by atoms with Gasteiger partial charge in [0.15, 0.2) is 0 Å². The quantitative estimate of drug-likeness (QED) is 0.366. The van der Waals surface area contributed by atoms with Crippen molar-refractivity contribution in [3.8, 4) is 11.8 Å². The molecule has 0 saturated carbocycles. The molecule has 0 amide bonds. The van der Waals surface area contributed by atoms with Crippen molar-refractivity contribution in [3.63, 3.8) is 0 Å². The number of hydrogen-bond donors (Lipinski definition) is 0. The van der Waals surface area contributed by atoms with Crippen LogP contribution in [0.25, 0.3) is 0 Å². The van der Waals surface area contributed by atoms with E-state index in [1.54, 1.807) is 6.92 Å². The lowest BCUT2D eigenvalue weighted by atomic mass is 10.4. The van der Waals surface area contributed by atoms with Crippen LogP contribution in [0.1, 0.15) is 13.3 Å². The van der Waals surface area contributed by atoms with Gasteiger partial charge in [-0.15, -0.1) is 5.92 Å². The highest BCUT2D eigenvalue weighted by Gasteiger charge is 1.91. The summed E-state index contributed by atoms with van der Waals surface area (Å²) < 4.78 is 4.31. The lowest BCUT2D eigenvalue weighted by Crippen LogP contribution is -1.96. The summed E-state index contributed by atoms with van der Waals surface area (Å²) in [7, 11) is 1.35. The Morgan fingerprint density at radius 2 is 2.38 bits per heavy atom. The Balaban J connectivity index is 3.35. The zero-order chi connectivity index (χ0) is 6.41. The van der Waals surface area contributed by atoms with Gasteiger partial charge < -0.3 is 4.74 Å². The van der Waals surface area contributed by atoms with Crippen LogP contribution < -0.4 is 0 Å². The van der Waals surface area contributed by atoms with Gasteiger partial charge in [-0.2, -0.15) is 0 Å². The predicted molar refractivity (Wildman–Crippen MR) is 30.1 cm³/mol. The van der Waals surface area contributed by atoms with Crippen LogP contribution in [0.3, 0.4) is 0 Å². The van der Waals surface area contributed by atoms with Gasteiger partial charge in [-0.1, -0.05) is 5.92 Å². The fourth-order valence-electron chi connectivity index (χ4n) is 0.233. The van der Waals surface area contributed by atoms with Crippen molar-refractivity contribution in [1.82, 2.24) is 0 Å². The third-order valence-corrected chi connectivity index (χ3v) is 0.637. The lowest BCUT2D eigenvalue weighted by Gasteiger charge is -1.87. The molecule has 0 aromatic carbocycles. The molecule has 0 atom stereocenters. The number of hydrogen-bond acceptors (Lipinski definition) is 2. The summed E-state index contributed by atoms with van der Waals surface area (Å²) in [5.74, 6) is 4.88. The predicted octanol–water partition coefficient (Wildman–Crippen LogP) is 0.573. The second-order valence-corrected chi connectivity index (χ2v) is 1.18. The second-order valence-electron chi connectivity index (χ2n) is 1.18. The highest BCUT2D eigenvalue weighted by atomic mass is 16.5. The molecule has 0 bridgehead atoms. The molecular weight excluding hydrogens is 104 g/mol. The summed E-state index contributed by atoms with van der Waals surface area (Å²) in [5.41, 5.74) is 0. The van der Waals surface area contributed by atoms with E-state index in [4.69, 9.17) is 0 Å². The number of rotatable bonds is 1. The summed E-state index contributed by atoms with van der Waals surface area (Å²) >= 11 is 0. The molecule has 0 aliphatic carbocycles. The van der Waals surface area contributed by atoms with Crippen molar-refractivity contribution in [2.75, 3.05) is 7.11 Å². The van der Waals surface area contributed by atoms with Gasteiger partial charge in [0.2, 0.25) is 0 Å². The van der Waals surface area contributed by atoms with Crippen LogP contribution in [0.15, 0.2) is 0 Å². The van der Waals surface area contributed by atoms with Gasteiger partial charge in [0.05, 0.1) is 7.11 Å². The Morgan fingerprint density at radius 3 is 2.75 bits per heavy atom. The van der Waals surface area contributed by atoms with Crippen LogP contribution in [-0.2, 0) is 9.53 Å². The molecule has 0 heterocycles. The minimum Gasteiger partial charge on any atom is -0.468 e. The maximum atomic E-state index is 10.2. The molecule has 0 radical (unpaired) electrons. The van der Waals surface area contributed by atoms with Crippen LogP contribution in [0.2, 0.25) is 0 Å². The number of methoxy groups -OCH3 is 1. The Labute approximate surface area is 48.8 Å². The Bertz CT molecular complexity index is 127. The van der Waals surface area contributed by atoms with Gasteiger partial charge in [0, 0.05) is 0 Å². The molecule has 0 N–H and O–H groups in total. The molecule has 0 aliphatic heterocycles. The van der Waals surface area contributed by atoms with Gasteiger partial charge >= 0.3 is 5.97 Å². The minimum absolute atomic E-state index is 0.201. The van der Waals surface area contributed by atoms with E-state index >= 15 is 0 Å². The van der Waals surface area contributed by atoms with E-state index in [-0.39, 0.29) is 12.4 Å². The average molecular weight is 112 g/mol. The molecule has 0 saturated heterocycles. The molecule has 0 fully saturated rings. The SMILES string of the molecule is CC#CCC(=O)OC. The van der Waals surface area contributed by atoms with Crippen molar-refractivity contribution < 1.29 is 9.53 Å². The number of esters is 1. The standard InChI is InChI=1S/C6H8O2/c1-3-4-5-6(7)8-2/h5H2,1-2H3. The van der Waals surface area contributed by atoms with E-state index in [1.807, 2.05) is 0 Å². The molecule has 2 nitrogen and oxygen atoms in total. The minimum atomic E-state index is -0.278. The largest absolute Gasteiger partial charge is 0.468 e. The molecular formula is C6H8O2. The lowest BCUT2D eigenvalue weighted by molar-refractivity contribution is -0.139.